The lowest BCUT2D eigenvalue weighted by atomic mass is 10.3. The predicted molar refractivity (Wildman–Crippen MR) is 50.2 cm³/mol. The van der Waals surface area contributed by atoms with Crippen LogP contribution in [0.25, 0.3) is 5.65 Å². The molecule has 0 spiro atoms. The highest BCUT2D eigenvalue weighted by atomic mass is 79.9. The van der Waals surface area contributed by atoms with Gasteiger partial charge in [0.2, 0.25) is 0 Å². The first-order valence-electron chi connectivity index (χ1n) is 3.66. The maximum Gasteiger partial charge on any atom is 0.169 e. The van der Waals surface area contributed by atoms with Crippen LogP contribution >= 0.6 is 15.9 Å². The van der Waals surface area contributed by atoms with Gasteiger partial charge in [0.1, 0.15) is 5.82 Å². The fraction of sp³-hybridized carbons (Fsp3) is 0.250. The Balaban J connectivity index is 2.88. The summed E-state index contributed by atoms with van der Waals surface area (Å²) in [4.78, 5) is 4.26. The van der Waals surface area contributed by atoms with Crippen molar-refractivity contribution < 1.29 is 0 Å². The summed E-state index contributed by atoms with van der Waals surface area (Å²) < 4.78 is 2.78. The van der Waals surface area contributed by atoms with E-state index in [2.05, 4.69) is 26.0 Å². The minimum atomic E-state index is 0.793. The summed E-state index contributed by atoms with van der Waals surface area (Å²) in [5.41, 5.74) is 2.04. The van der Waals surface area contributed by atoms with Crippen LogP contribution in [0.15, 0.2) is 16.7 Å². The molecule has 0 bridgehead atoms. The third-order valence-corrected chi connectivity index (χ3v) is 2.21. The van der Waals surface area contributed by atoms with Crippen molar-refractivity contribution in [2.24, 2.45) is 0 Å². The Hall–Kier alpha value is -0.900. The standard InChI is InChI=1S/C8H8BrN3/c1-5-3-7(9)8-10-6(2)11-12(8)4-5/h3-4H,1-2H3. The molecule has 0 radical (unpaired) electrons. The average Bonchev–Trinajstić information content (AvgIpc) is 2.29. The normalized spacial score (nSPS) is 10.9. The lowest BCUT2D eigenvalue weighted by molar-refractivity contribution is 0.921. The Kier molecular flexibility index (Phi) is 1.65. The highest BCUT2D eigenvalue weighted by molar-refractivity contribution is 9.10. The van der Waals surface area contributed by atoms with E-state index in [4.69, 9.17) is 0 Å². The summed E-state index contributed by atoms with van der Waals surface area (Å²) in [7, 11) is 0. The molecule has 4 heteroatoms. The molecule has 0 fully saturated rings. The van der Waals surface area contributed by atoms with Crippen LogP contribution in [0.1, 0.15) is 11.4 Å². The number of aryl methyl sites for hydroxylation is 2. The number of pyridine rings is 1. The molecule has 12 heavy (non-hydrogen) atoms. The largest absolute Gasteiger partial charge is 0.219 e. The third kappa shape index (κ3) is 1.12. The van der Waals surface area contributed by atoms with Crippen molar-refractivity contribution in [1.82, 2.24) is 14.6 Å². The van der Waals surface area contributed by atoms with Crippen LogP contribution in [0.4, 0.5) is 0 Å². The second-order valence-electron chi connectivity index (χ2n) is 2.79. The van der Waals surface area contributed by atoms with Crippen molar-refractivity contribution in [1.29, 1.82) is 0 Å². The van der Waals surface area contributed by atoms with Crippen LogP contribution in [-0.2, 0) is 0 Å². The van der Waals surface area contributed by atoms with E-state index in [-0.39, 0.29) is 0 Å². The zero-order valence-corrected chi connectivity index (χ0v) is 8.46. The van der Waals surface area contributed by atoms with Crippen molar-refractivity contribution in [3.63, 3.8) is 0 Å². The maximum atomic E-state index is 4.26. The molecule has 0 unspecified atom stereocenters. The number of nitrogens with zero attached hydrogens (tertiary/aromatic N) is 3. The summed E-state index contributed by atoms with van der Waals surface area (Å²) in [6.07, 6.45) is 1.96. The number of fused-ring (bicyclic) bond motifs is 1. The van der Waals surface area contributed by atoms with E-state index in [0.717, 1.165) is 15.9 Å². The van der Waals surface area contributed by atoms with Crippen molar-refractivity contribution >= 4 is 21.6 Å². The predicted octanol–water partition coefficient (Wildman–Crippen LogP) is 2.11. The number of halogens is 1. The summed E-state index contributed by atoms with van der Waals surface area (Å²) in [5, 5.41) is 4.21. The minimum absolute atomic E-state index is 0.793. The second-order valence-corrected chi connectivity index (χ2v) is 3.65. The average molecular weight is 226 g/mol. The van der Waals surface area contributed by atoms with Gasteiger partial charge in [0.05, 0.1) is 4.47 Å². The molecule has 0 atom stereocenters. The highest BCUT2D eigenvalue weighted by Gasteiger charge is 2.03. The van der Waals surface area contributed by atoms with Crippen LogP contribution in [0.2, 0.25) is 0 Å². The summed E-state index contributed by atoms with van der Waals surface area (Å²) >= 11 is 3.44. The first-order chi connectivity index (χ1) is 5.66. The molecule has 0 saturated heterocycles. The molecule has 2 aromatic rings. The summed E-state index contributed by atoms with van der Waals surface area (Å²) in [6.45, 7) is 3.91. The van der Waals surface area contributed by atoms with E-state index in [1.165, 1.54) is 5.56 Å². The second kappa shape index (κ2) is 2.55. The zero-order valence-electron chi connectivity index (χ0n) is 6.87. The van der Waals surface area contributed by atoms with Gasteiger partial charge >= 0.3 is 0 Å². The van der Waals surface area contributed by atoms with Crippen molar-refractivity contribution in [2.75, 3.05) is 0 Å². The van der Waals surface area contributed by atoms with Gasteiger partial charge in [-0.15, -0.1) is 0 Å². The quantitative estimate of drug-likeness (QED) is 0.688. The number of hydrogen-bond acceptors (Lipinski definition) is 2. The number of rotatable bonds is 0. The molecule has 62 valence electrons. The van der Waals surface area contributed by atoms with E-state index in [0.29, 0.717) is 0 Å². The van der Waals surface area contributed by atoms with Gasteiger partial charge in [0, 0.05) is 6.20 Å². The van der Waals surface area contributed by atoms with Crippen molar-refractivity contribution in [3.05, 3.63) is 28.1 Å². The van der Waals surface area contributed by atoms with Crippen LogP contribution in [0.5, 0.6) is 0 Å². The summed E-state index contributed by atoms with van der Waals surface area (Å²) in [6, 6.07) is 2.03. The molecule has 2 heterocycles. The van der Waals surface area contributed by atoms with Crippen LogP contribution in [-0.4, -0.2) is 14.6 Å². The first-order valence-corrected chi connectivity index (χ1v) is 4.45. The third-order valence-electron chi connectivity index (χ3n) is 1.63. The lowest BCUT2D eigenvalue weighted by Gasteiger charge is -1.96. The van der Waals surface area contributed by atoms with Gasteiger partial charge in [0.25, 0.3) is 0 Å². The lowest BCUT2D eigenvalue weighted by Crippen LogP contribution is -1.89. The Morgan fingerprint density at radius 3 is 2.92 bits per heavy atom. The van der Waals surface area contributed by atoms with Crippen LogP contribution in [0, 0.1) is 13.8 Å². The highest BCUT2D eigenvalue weighted by Crippen LogP contribution is 2.17. The van der Waals surface area contributed by atoms with E-state index in [9.17, 15) is 0 Å². The Morgan fingerprint density at radius 2 is 2.17 bits per heavy atom. The van der Waals surface area contributed by atoms with Gasteiger partial charge in [-0.25, -0.2) is 9.50 Å². The van der Waals surface area contributed by atoms with Crippen LogP contribution < -0.4 is 0 Å². The molecule has 0 aliphatic rings. The molecule has 0 aromatic carbocycles. The molecule has 0 saturated carbocycles. The molecule has 0 amide bonds. The van der Waals surface area contributed by atoms with E-state index in [1.54, 1.807) is 4.52 Å². The molecule has 0 aliphatic heterocycles. The fourth-order valence-corrected chi connectivity index (χ4v) is 1.81. The topological polar surface area (TPSA) is 30.2 Å². The van der Waals surface area contributed by atoms with Gasteiger partial charge in [0.15, 0.2) is 5.65 Å². The van der Waals surface area contributed by atoms with Gasteiger partial charge in [-0.2, -0.15) is 5.10 Å². The van der Waals surface area contributed by atoms with E-state index in [1.807, 2.05) is 26.1 Å². The van der Waals surface area contributed by atoms with Gasteiger partial charge in [-0.05, 0) is 41.4 Å². The molecule has 0 aliphatic carbocycles. The number of aromatic nitrogens is 3. The first kappa shape index (κ1) is 7.73. The fourth-order valence-electron chi connectivity index (χ4n) is 1.18. The minimum Gasteiger partial charge on any atom is -0.219 e. The smallest absolute Gasteiger partial charge is 0.169 e. The molecular weight excluding hydrogens is 218 g/mol. The van der Waals surface area contributed by atoms with E-state index < -0.39 is 0 Å². The van der Waals surface area contributed by atoms with Crippen molar-refractivity contribution in [3.8, 4) is 0 Å². The van der Waals surface area contributed by atoms with Crippen LogP contribution in [0.3, 0.4) is 0 Å². The number of hydrogen-bond donors (Lipinski definition) is 0. The molecule has 3 nitrogen and oxygen atoms in total. The monoisotopic (exact) mass is 225 g/mol. The Labute approximate surface area is 78.6 Å². The Morgan fingerprint density at radius 1 is 1.42 bits per heavy atom. The molecule has 2 rings (SSSR count). The van der Waals surface area contributed by atoms with Gasteiger partial charge in [-0.1, -0.05) is 0 Å². The van der Waals surface area contributed by atoms with Gasteiger partial charge in [-0.3, -0.25) is 0 Å². The molecule has 2 aromatic heterocycles. The summed E-state index contributed by atoms with van der Waals surface area (Å²) in [5.74, 6) is 0.793. The van der Waals surface area contributed by atoms with Gasteiger partial charge < -0.3 is 0 Å². The SMILES string of the molecule is Cc1cc(Br)c2nc(C)nn2c1. The molecular formula is C8H8BrN3. The Bertz CT molecular complexity index is 433. The maximum absolute atomic E-state index is 4.26. The van der Waals surface area contributed by atoms with E-state index >= 15 is 0 Å². The molecule has 0 N–H and O–H groups in total. The zero-order chi connectivity index (χ0) is 8.72. The van der Waals surface area contributed by atoms with Crippen molar-refractivity contribution in [2.45, 2.75) is 13.8 Å².